The second kappa shape index (κ2) is 8.87. The van der Waals surface area contributed by atoms with Gasteiger partial charge in [0.1, 0.15) is 11.6 Å². The van der Waals surface area contributed by atoms with Crippen molar-refractivity contribution in [2.75, 3.05) is 11.9 Å². The van der Waals surface area contributed by atoms with E-state index in [0.717, 1.165) is 16.5 Å². The van der Waals surface area contributed by atoms with Crippen molar-refractivity contribution in [3.8, 4) is 0 Å². The molecule has 4 rings (SSSR count). The molecule has 0 spiro atoms. The summed E-state index contributed by atoms with van der Waals surface area (Å²) in [6.45, 7) is 2.14. The summed E-state index contributed by atoms with van der Waals surface area (Å²) in [5.74, 6) is -0.134. The molecule has 2 aromatic heterocycles. The molecule has 4 aromatic rings. The summed E-state index contributed by atoms with van der Waals surface area (Å²) in [5.41, 5.74) is 2.26. The molecule has 0 saturated carbocycles. The molecule has 0 fully saturated rings. The Morgan fingerprint density at radius 2 is 1.94 bits per heavy atom. The van der Waals surface area contributed by atoms with Crippen LogP contribution in [0.4, 0.5) is 10.1 Å². The van der Waals surface area contributed by atoms with Crippen molar-refractivity contribution >= 4 is 22.5 Å². The number of fused-ring (bicyclic) bond motifs is 1. The molecule has 0 atom stereocenters. The lowest BCUT2D eigenvalue weighted by Gasteiger charge is -2.22. The number of nitrogens with one attached hydrogen (secondary N) is 2. The minimum Gasteiger partial charge on any atom is -0.467 e. The van der Waals surface area contributed by atoms with E-state index in [9.17, 15) is 14.0 Å². The molecule has 0 radical (unpaired) electrons. The number of benzene rings is 2. The van der Waals surface area contributed by atoms with Gasteiger partial charge in [-0.1, -0.05) is 23.8 Å². The number of aryl methyl sites for hydroxylation is 1. The second-order valence-corrected chi connectivity index (χ2v) is 7.38. The Morgan fingerprint density at radius 3 is 2.71 bits per heavy atom. The molecular weight excluding hydrogens is 397 g/mol. The fourth-order valence-corrected chi connectivity index (χ4v) is 3.40. The molecule has 0 aliphatic rings. The van der Waals surface area contributed by atoms with Crippen LogP contribution < -0.4 is 10.9 Å². The van der Waals surface area contributed by atoms with Crippen molar-refractivity contribution < 1.29 is 13.6 Å². The molecule has 31 heavy (non-hydrogen) atoms. The van der Waals surface area contributed by atoms with E-state index in [4.69, 9.17) is 4.42 Å². The van der Waals surface area contributed by atoms with Gasteiger partial charge in [0.05, 0.1) is 31.6 Å². The predicted octanol–water partition coefficient (Wildman–Crippen LogP) is 4.21. The number of pyridine rings is 1. The number of H-pyrrole nitrogens is 1. The molecule has 2 N–H and O–H groups in total. The standard InChI is InChI=1S/C24H22FN3O3/c1-16-8-9-21-17(11-16)12-18(24(30)27-21)14-28(15-19-5-4-10-31-19)23(29)13-26-22-7-3-2-6-20(22)25/h2-12,26H,13-15H2,1H3,(H,27,30). The molecule has 158 valence electrons. The third-order valence-corrected chi connectivity index (χ3v) is 5.02. The number of rotatable bonds is 7. The summed E-state index contributed by atoms with van der Waals surface area (Å²) in [7, 11) is 0. The number of amides is 1. The summed E-state index contributed by atoms with van der Waals surface area (Å²) in [4.78, 5) is 30.0. The summed E-state index contributed by atoms with van der Waals surface area (Å²) in [5, 5.41) is 3.72. The van der Waals surface area contributed by atoms with Gasteiger partial charge in [0.15, 0.2) is 0 Å². The largest absolute Gasteiger partial charge is 0.467 e. The lowest BCUT2D eigenvalue weighted by molar-refractivity contribution is -0.130. The van der Waals surface area contributed by atoms with Crippen molar-refractivity contribution in [2.24, 2.45) is 0 Å². The van der Waals surface area contributed by atoms with Gasteiger partial charge in [-0.25, -0.2) is 4.39 Å². The first-order valence-electron chi connectivity index (χ1n) is 9.91. The summed E-state index contributed by atoms with van der Waals surface area (Å²) in [6, 6.07) is 17.2. The molecule has 7 heteroatoms. The van der Waals surface area contributed by atoms with Crippen molar-refractivity contribution in [2.45, 2.75) is 20.0 Å². The zero-order valence-corrected chi connectivity index (χ0v) is 17.0. The second-order valence-electron chi connectivity index (χ2n) is 7.38. The van der Waals surface area contributed by atoms with Gasteiger partial charge in [-0.2, -0.15) is 0 Å². The van der Waals surface area contributed by atoms with Gasteiger partial charge in [0.25, 0.3) is 5.56 Å². The Labute approximate surface area is 178 Å². The van der Waals surface area contributed by atoms with E-state index in [1.54, 1.807) is 36.4 Å². The average Bonchev–Trinajstić information content (AvgIpc) is 3.26. The summed E-state index contributed by atoms with van der Waals surface area (Å²) >= 11 is 0. The molecule has 2 heterocycles. The van der Waals surface area contributed by atoms with Gasteiger partial charge in [-0.15, -0.1) is 0 Å². The number of halogens is 1. The Balaban J connectivity index is 1.58. The zero-order valence-electron chi connectivity index (χ0n) is 17.0. The number of para-hydroxylation sites is 1. The van der Waals surface area contributed by atoms with Crippen molar-refractivity contribution in [3.05, 3.63) is 100.0 Å². The molecule has 0 saturated heterocycles. The molecule has 0 bridgehead atoms. The minimum atomic E-state index is -0.436. The molecule has 0 unspecified atom stereocenters. The fraction of sp³-hybridized carbons (Fsp3) is 0.167. The number of carbonyl (C=O) groups excluding carboxylic acids is 1. The maximum absolute atomic E-state index is 13.9. The molecule has 1 amide bonds. The smallest absolute Gasteiger partial charge is 0.253 e. The van der Waals surface area contributed by atoms with Crippen molar-refractivity contribution in [1.82, 2.24) is 9.88 Å². The zero-order chi connectivity index (χ0) is 21.8. The lowest BCUT2D eigenvalue weighted by atomic mass is 10.1. The van der Waals surface area contributed by atoms with Gasteiger partial charge >= 0.3 is 0 Å². The molecular formula is C24H22FN3O3. The van der Waals surface area contributed by atoms with Gasteiger partial charge in [0.2, 0.25) is 5.91 Å². The van der Waals surface area contributed by atoms with Crippen molar-refractivity contribution in [1.29, 1.82) is 0 Å². The van der Waals surface area contributed by atoms with Crippen LogP contribution in [0.1, 0.15) is 16.9 Å². The van der Waals surface area contributed by atoms with Crippen LogP contribution in [0.2, 0.25) is 0 Å². The number of aromatic amines is 1. The van der Waals surface area contributed by atoms with Gasteiger partial charge in [-0.05, 0) is 54.8 Å². The first kappa shape index (κ1) is 20.4. The quantitative estimate of drug-likeness (QED) is 0.470. The normalized spacial score (nSPS) is 10.9. The SMILES string of the molecule is Cc1ccc2[nH]c(=O)c(CN(Cc3ccco3)C(=O)CNc3ccccc3F)cc2c1. The number of anilines is 1. The highest BCUT2D eigenvalue weighted by Gasteiger charge is 2.18. The Morgan fingerprint density at radius 1 is 1.10 bits per heavy atom. The first-order chi connectivity index (χ1) is 15.0. The van der Waals surface area contributed by atoms with Crippen LogP contribution in [0.25, 0.3) is 10.9 Å². The van der Waals surface area contributed by atoms with Crippen LogP contribution in [0.15, 0.2) is 76.1 Å². The predicted molar refractivity (Wildman–Crippen MR) is 117 cm³/mol. The maximum Gasteiger partial charge on any atom is 0.253 e. The third-order valence-electron chi connectivity index (χ3n) is 5.02. The number of nitrogens with zero attached hydrogens (tertiary/aromatic N) is 1. The van der Waals surface area contributed by atoms with E-state index in [-0.39, 0.29) is 36.8 Å². The molecule has 2 aromatic carbocycles. The first-order valence-corrected chi connectivity index (χ1v) is 9.91. The van der Waals surface area contributed by atoms with Crippen LogP contribution in [0.5, 0.6) is 0 Å². The van der Waals surface area contributed by atoms with Crippen LogP contribution in [-0.2, 0) is 17.9 Å². The average molecular weight is 419 g/mol. The van der Waals surface area contributed by atoms with Gasteiger partial charge < -0.3 is 19.6 Å². The summed E-state index contributed by atoms with van der Waals surface area (Å²) < 4.78 is 19.3. The Kier molecular flexibility index (Phi) is 5.84. The fourth-order valence-electron chi connectivity index (χ4n) is 3.40. The van der Waals surface area contributed by atoms with Gasteiger partial charge in [0, 0.05) is 11.1 Å². The van der Waals surface area contributed by atoms with Crippen LogP contribution in [0.3, 0.4) is 0 Å². The number of hydrogen-bond donors (Lipinski definition) is 2. The van der Waals surface area contributed by atoms with Crippen molar-refractivity contribution in [3.63, 3.8) is 0 Å². The Hall–Kier alpha value is -3.87. The maximum atomic E-state index is 13.9. The van der Waals surface area contributed by atoms with Crippen LogP contribution in [-0.4, -0.2) is 22.3 Å². The number of furan rings is 1. The summed E-state index contributed by atoms with van der Waals surface area (Å²) in [6.07, 6.45) is 1.53. The highest BCUT2D eigenvalue weighted by molar-refractivity contribution is 5.82. The van der Waals surface area contributed by atoms with Gasteiger partial charge in [-0.3, -0.25) is 9.59 Å². The van der Waals surface area contributed by atoms with E-state index in [0.29, 0.717) is 11.3 Å². The number of aromatic nitrogens is 1. The van der Waals surface area contributed by atoms with E-state index in [2.05, 4.69) is 10.3 Å². The molecule has 6 nitrogen and oxygen atoms in total. The van der Waals surface area contributed by atoms with E-state index < -0.39 is 5.82 Å². The molecule has 0 aliphatic carbocycles. The minimum absolute atomic E-state index is 0.0949. The molecule has 0 aliphatic heterocycles. The van der Waals surface area contributed by atoms with Crippen LogP contribution >= 0.6 is 0 Å². The van der Waals surface area contributed by atoms with E-state index >= 15 is 0 Å². The third kappa shape index (κ3) is 4.83. The highest BCUT2D eigenvalue weighted by atomic mass is 19.1. The van der Waals surface area contributed by atoms with Crippen LogP contribution in [0, 0.1) is 12.7 Å². The highest BCUT2D eigenvalue weighted by Crippen LogP contribution is 2.16. The van der Waals surface area contributed by atoms with E-state index in [1.165, 1.54) is 17.2 Å². The topological polar surface area (TPSA) is 78.3 Å². The number of hydrogen-bond acceptors (Lipinski definition) is 4. The Bertz CT molecular complexity index is 1260. The van der Waals surface area contributed by atoms with E-state index in [1.807, 2.05) is 25.1 Å². The number of carbonyl (C=O) groups is 1. The monoisotopic (exact) mass is 419 g/mol. The lowest BCUT2D eigenvalue weighted by Crippen LogP contribution is -2.36.